The molecule has 0 bridgehead atoms. The van der Waals surface area contributed by atoms with Crippen LogP contribution < -0.4 is 5.73 Å². The Bertz CT molecular complexity index is 161. The number of amidine groups is 1. The highest BCUT2D eigenvalue weighted by Crippen LogP contribution is 2.07. The van der Waals surface area contributed by atoms with Crippen molar-refractivity contribution in [2.45, 2.75) is 32.7 Å². The molecule has 14 heavy (non-hydrogen) atoms. The van der Waals surface area contributed by atoms with E-state index in [0.717, 1.165) is 26.1 Å². The molecule has 0 aromatic rings. The molecule has 0 amide bonds. The van der Waals surface area contributed by atoms with E-state index < -0.39 is 0 Å². The van der Waals surface area contributed by atoms with E-state index in [1.54, 1.807) is 7.11 Å². The number of ether oxygens (including phenoxy) is 1. The van der Waals surface area contributed by atoms with Gasteiger partial charge in [0.2, 0.25) is 0 Å². The molecule has 0 aliphatic carbocycles. The standard InChI is InChI=1S/C10H23N3O/c1-4-9(8-10(11)12)13(5-2)6-7-14-3/h9H,4-8H2,1-3H3,(H3,11,12). The normalized spacial score (nSPS) is 13.1. The lowest BCUT2D eigenvalue weighted by molar-refractivity contribution is 0.123. The van der Waals surface area contributed by atoms with Gasteiger partial charge in [-0.05, 0) is 13.0 Å². The number of methoxy groups -OCH3 is 1. The zero-order chi connectivity index (χ0) is 11.0. The van der Waals surface area contributed by atoms with E-state index in [1.165, 1.54) is 0 Å². The number of nitrogens with one attached hydrogen (secondary N) is 1. The average molecular weight is 201 g/mol. The zero-order valence-corrected chi connectivity index (χ0v) is 9.55. The molecule has 4 nitrogen and oxygen atoms in total. The molecule has 1 unspecified atom stereocenters. The van der Waals surface area contributed by atoms with Crippen molar-refractivity contribution in [1.82, 2.24) is 4.90 Å². The summed E-state index contributed by atoms with van der Waals surface area (Å²) in [6.07, 6.45) is 1.69. The molecule has 0 aromatic heterocycles. The molecule has 3 N–H and O–H groups in total. The van der Waals surface area contributed by atoms with Gasteiger partial charge in [0.05, 0.1) is 12.4 Å². The Morgan fingerprint density at radius 2 is 2.14 bits per heavy atom. The minimum absolute atomic E-state index is 0.271. The van der Waals surface area contributed by atoms with E-state index in [4.69, 9.17) is 15.9 Å². The lowest BCUT2D eigenvalue weighted by atomic mass is 10.1. The second kappa shape index (κ2) is 7.76. The number of hydrogen-bond acceptors (Lipinski definition) is 3. The zero-order valence-electron chi connectivity index (χ0n) is 9.55. The van der Waals surface area contributed by atoms with Crippen molar-refractivity contribution in [3.8, 4) is 0 Å². The molecule has 0 saturated heterocycles. The summed E-state index contributed by atoms with van der Waals surface area (Å²) in [6.45, 7) is 6.89. The van der Waals surface area contributed by atoms with Crippen LogP contribution >= 0.6 is 0 Å². The van der Waals surface area contributed by atoms with Crippen molar-refractivity contribution in [3.63, 3.8) is 0 Å². The van der Waals surface area contributed by atoms with E-state index in [1.807, 2.05) is 0 Å². The monoisotopic (exact) mass is 201 g/mol. The van der Waals surface area contributed by atoms with Crippen LogP contribution in [0.25, 0.3) is 0 Å². The van der Waals surface area contributed by atoms with Crippen LogP contribution in [-0.2, 0) is 4.74 Å². The third-order valence-electron chi connectivity index (χ3n) is 2.43. The van der Waals surface area contributed by atoms with Gasteiger partial charge >= 0.3 is 0 Å². The minimum atomic E-state index is 0.271. The van der Waals surface area contributed by atoms with Crippen molar-refractivity contribution in [3.05, 3.63) is 0 Å². The number of nitrogens with zero attached hydrogens (tertiary/aromatic N) is 1. The summed E-state index contributed by atoms with van der Waals surface area (Å²) >= 11 is 0. The predicted octanol–water partition coefficient (Wildman–Crippen LogP) is 1.06. The van der Waals surface area contributed by atoms with Crippen molar-refractivity contribution in [2.24, 2.45) is 5.73 Å². The first-order valence-corrected chi connectivity index (χ1v) is 5.21. The van der Waals surface area contributed by atoms with Crippen LogP contribution in [0.3, 0.4) is 0 Å². The smallest absolute Gasteiger partial charge is 0.0921 e. The van der Waals surface area contributed by atoms with Crippen molar-refractivity contribution >= 4 is 5.84 Å². The Morgan fingerprint density at radius 3 is 2.50 bits per heavy atom. The Hall–Kier alpha value is -0.610. The fraction of sp³-hybridized carbons (Fsp3) is 0.900. The molecular formula is C10H23N3O. The summed E-state index contributed by atoms with van der Waals surface area (Å²) in [4.78, 5) is 2.31. The van der Waals surface area contributed by atoms with Gasteiger partial charge < -0.3 is 10.5 Å². The second-order valence-corrected chi connectivity index (χ2v) is 3.41. The first kappa shape index (κ1) is 13.4. The van der Waals surface area contributed by atoms with Crippen LogP contribution in [0.4, 0.5) is 0 Å². The molecule has 0 heterocycles. The summed E-state index contributed by atoms with van der Waals surface area (Å²) in [5, 5.41) is 7.29. The van der Waals surface area contributed by atoms with E-state index in [0.29, 0.717) is 12.5 Å². The van der Waals surface area contributed by atoms with Crippen LogP contribution in [0, 0.1) is 5.41 Å². The van der Waals surface area contributed by atoms with E-state index in [9.17, 15) is 0 Å². The summed E-state index contributed by atoms with van der Waals surface area (Å²) < 4.78 is 5.05. The van der Waals surface area contributed by atoms with Gasteiger partial charge in [-0.25, -0.2) is 0 Å². The van der Waals surface area contributed by atoms with Crippen LogP contribution in [0.15, 0.2) is 0 Å². The molecule has 0 aromatic carbocycles. The highest BCUT2D eigenvalue weighted by Gasteiger charge is 2.15. The molecule has 84 valence electrons. The number of rotatable bonds is 8. The minimum Gasteiger partial charge on any atom is -0.388 e. The molecule has 0 aliphatic heterocycles. The first-order valence-electron chi connectivity index (χ1n) is 5.21. The lowest BCUT2D eigenvalue weighted by Gasteiger charge is -2.29. The number of hydrogen-bond donors (Lipinski definition) is 2. The number of likely N-dealkylation sites (N-methyl/N-ethyl adjacent to an activating group) is 1. The third kappa shape index (κ3) is 5.19. The van der Waals surface area contributed by atoms with Crippen LogP contribution in [0.2, 0.25) is 0 Å². The maximum atomic E-state index is 7.29. The van der Waals surface area contributed by atoms with Crippen molar-refractivity contribution in [1.29, 1.82) is 5.41 Å². The average Bonchev–Trinajstić information content (AvgIpc) is 2.16. The molecule has 0 rings (SSSR count). The van der Waals surface area contributed by atoms with Gasteiger partial charge in [0, 0.05) is 26.1 Å². The molecule has 0 spiro atoms. The Labute approximate surface area is 86.9 Å². The maximum Gasteiger partial charge on any atom is 0.0921 e. The fourth-order valence-corrected chi connectivity index (χ4v) is 1.59. The first-order chi connectivity index (χ1) is 6.65. The summed E-state index contributed by atoms with van der Waals surface area (Å²) in [5.74, 6) is 0.271. The summed E-state index contributed by atoms with van der Waals surface area (Å²) in [7, 11) is 1.71. The molecule has 4 heteroatoms. The quantitative estimate of drug-likeness (QED) is 0.456. The Balaban J connectivity index is 4.06. The summed E-state index contributed by atoms with van der Waals surface area (Å²) in [6, 6.07) is 0.382. The third-order valence-corrected chi connectivity index (χ3v) is 2.43. The lowest BCUT2D eigenvalue weighted by Crippen LogP contribution is -2.39. The van der Waals surface area contributed by atoms with Gasteiger partial charge in [0.25, 0.3) is 0 Å². The molecule has 0 saturated carbocycles. The largest absolute Gasteiger partial charge is 0.388 e. The van der Waals surface area contributed by atoms with Crippen LogP contribution in [0.1, 0.15) is 26.7 Å². The second-order valence-electron chi connectivity index (χ2n) is 3.41. The van der Waals surface area contributed by atoms with E-state index >= 15 is 0 Å². The van der Waals surface area contributed by atoms with Gasteiger partial charge in [-0.15, -0.1) is 0 Å². The van der Waals surface area contributed by atoms with Crippen LogP contribution in [0.5, 0.6) is 0 Å². The van der Waals surface area contributed by atoms with Gasteiger partial charge in [-0.2, -0.15) is 0 Å². The predicted molar refractivity (Wildman–Crippen MR) is 59.7 cm³/mol. The molecular weight excluding hydrogens is 178 g/mol. The van der Waals surface area contributed by atoms with Gasteiger partial charge in [0.1, 0.15) is 0 Å². The SMILES string of the molecule is CCC(CC(=N)N)N(CC)CCOC. The van der Waals surface area contributed by atoms with Gasteiger partial charge in [-0.1, -0.05) is 13.8 Å². The maximum absolute atomic E-state index is 7.29. The van der Waals surface area contributed by atoms with Gasteiger partial charge in [-0.3, -0.25) is 10.3 Å². The van der Waals surface area contributed by atoms with Crippen molar-refractivity contribution in [2.75, 3.05) is 26.8 Å². The number of nitrogens with two attached hydrogens (primary N) is 1. The molecule has 0 radical (unpaired) electrons. The fourth-order valence-electron chi connectivity index (χ4n) is 1.59. The molecule has 1 atom stereocenters. The highest BCUT2D eigenvalue weighted by atomic mass is 16.5. The molecule has 0 aliphatic rings. The molecule has 0 fully saturated rings. The van der Waals surface area contributed by atoms with E-state index in [2.05, 4.69) is 18.7 Å². The highest BCUT2D eigenvalue weighted by molar-refractivity contribution is 5.77. The van der Waals surface area contributed by atoms with Crippen LogP contribution in [-0.4, -0.2) is 43.6 Å². The van der Waals surface area contributed by atoms with Crippen molar-refractivity contribution < 1.29 is 4.74 Å². The van der Waals surface area contributed by atoms with Gasteiger partial charge in [0.15, 0.2) is 0 Å². The Kier molecular flexibility index (Phi) is 7.42. The summed E-state index contributed by atoms with van der Waals surface area (Å²) in [5.41, 5.74) is 5.42. The Morgan fingerprint density at radius 1 is 1.50 bits per heavy atom. The topological polar surface area (TPSA) is 62.3 Å². The van der Waals surface area contributed by atoms with E-state index in [-0.39, 0.29) is 5.84 Å².